The van der Waals surface area contributed by atoms with Gasteiger partial charge in [0, 0.05) is 0 Å². The molecule has 0 fully saturated rings. The summed E-state index contributed by atoms with van der Waals surface area (Å²) in [7, 11) is 0. The van der Waals surface area contributed by atoms with Crippen LogP contribution in [0.15, 0.2) is 10.3 Å². The number of hydroxylamine groups is 1. The number of hydrogen-bond donors (Lipinski definition) is 2. The van der Waals surface area contributed by atoms with Gasteiger partial charge in [-0.2, -0.15) is 0 Å². The molecule has 2 nitrogen and oxygen atoms in total. The standard InChI is InChI=1S/C5H11INO/c1-4(2)6-5(3)7-8/h4,7-8H,3H2,1-2H3/q-1. The van der Waals surface area contributed by atoms with Gasteiger partial charge < -0.3 is 0 Å². The molecule has 0 aliphatic carbocycles. The molecule has 0 aromatic rings. The Bertz CT molecular complexity index is 82.5. The van der Waals surface area contributed by atoms with Gasteiger partial charge in [0.15, 0.2) is 0 Å². The van der Waals surface area contributed by atoms with Gasteiger partial charge in [0.1, 0.15) is 0 Å². The van der Waals surface area contributed by atoms with Gasteiger partial charge in [-0.25, -0.2) is 0 Å². The molecule has 3 heteroatoms. The third-order valence-corrected chi connectivity index (χ3v) is 2.71. The molecule has 0 aliphatic heterocycles. The van der Waals surface area contributed by atoms with Crippen molar-refractivity contribution in [2.75, 3.05) is 0 Å². The van der Waals surface area contributed by atoms with Gasteiger partial charge in [-0.05, 0) is 0 Å². The molecule has 0 unspecified atom stereocenters. The third-order valence-electron chi connectivity index (χ3n) is 0.471. The van der Waals surface area contributed by atoms with E-state index in [9.17, 15) is 0 Å². The molecule has 50 valence electrons. The quantitative estimate of drug-likeness (QED) is 0.252. The Kier molecular flexibility index (Phi) is 4.26. The summed E-state index contributed by atoms with van der Waals surface area (Å²) >= 11 is -0.0532. The van der Waals surface area contributed by atoms with E-state index in [1.807, 2.05) is 0 Å². The molecular weight excluding hydrogens is 217 g/mol. The van der Waals surface area contributed by atoms with E-state index >= 15 is 0 Å². The van der Waals surface area contributed by atoms with Crippen LogP contribution in [-0.2, 0) is 0 Å². The summed E-state index contributed by atoms with van der Waals surface area (Å²) in [5.74, 6) is 0. The molecule has 0 heterocycles. The van der Waals surface area contributed by atoms with Crippen LogP contribution in [0.3, 0.4) is 0 Å². The minimum atomic E-state index is -0.0532. The van der Waals surface area contributed by atoms with Crippen molar-refractivity contribution in [1.82, 2.24) is 5.48 Å². The summed E-state index contributed by atoms with van der Waals surface area (Å²) in [5, 5.41) is 8.26. The molecule has 0 rings (SSSR count). The Labute approximate surface area is 60.2 Å². The first-order valence-electron chi connectivity index (χ1n) is 2.39. The second-order valence-electron chi connectivity index (χ2n) is 1.64. The van der Waals surface area contributed by atoms with E-state index < -0.39 is 0 Å². The third kappa shape index (κ3) is 4.39. The number of rotatable bonds is 3. The van der Waals surface area contributed by atoms with Crippen molar-refractivity contribution in [3.63, 3.8) is 0 Å². The summed E-state index contributed by atoms with van der Waals surface area (Å²) in [5.41, 5.74) is 2.05. The average Bonchev–Trinajstić information content (AvgIpc) is 1.65. The number of alkyl halides is 1. The SMILES string of the molecule is C=C(NO)[I-]C(C)C. The average molecular weight is 228 g/mol. The second-order valence-corrected chi connectivity index (χ2v) is 6.06. The number of nitrogens with one attached hydrogen (secondary N) is 1. The first-order valence-corrected chi connectivity index (χ1v) is 4.71. The Hall–Kier alpha value is 0.230. The fourth-order valence-corrected chi connectivity index (χ4v) is 1.93. The zero-order chi connectivity index (χ0) is 6.57. The Morgan fingerprint density at radius 2 is 2.25 bits per heavy atom. The van der Waals surface area contributed by atoms with Crippen LogP contribution < -0.4 is 26.7 Å². The van der Waals surface area contributed by atoms with Crippen molar-refractivity contribution >= 4 is 0 Å². The summed E-state index contributed by atoms with van der Waals surface area (Å²) in [6, 6.07) is 0. The topological polar surface area (TPSA) is 32.3 Å². The van der Waals surface area contributed by atoms with Crippen molar-refractivity contribution < 1.29 is 26.4 Å². The number of hydrogen-bond acceptors (Lipinski definition) is 2. The van der Waals surface area contributed by atoms with Crippen LogP contribution in [0.1, 0.15) is 13.8 Å². The first-order chi connectivity index (χ1) is 3.66. The fraction of sp³-hybridized carbons (Fsp3) is 0.600. The van der Waals surface area contributed by atoms with E-state index in [-0.39, 0.29) is 21.2 Å². The van der Waals surface area contributed by atoms with E-state index in [0.29, 0.717) is 3.92 Å². The van der Waals surface area contributed by atoms with Crippen LogP contribution in [0.2, 0.25) is 0 Å². The van der Waals surface area contributed by atoms with Crippen molar-refractivity contribution in [3.05, 3.63) is 10.3 Å². The van der Waals surface area contributed by atoms with E-state index in [0.717, 1.165) is 3.70 Å². The molecule has 0 radical (unpaired) electrons. The van der Waals surface area contributed by atoms with Gasteiger partial charge in [-0.1, -0.05) is 0 Å². The van der Waals surface area contributed by atoms with E-state index in [1.165, 1.54) is 0 Å². The van der Waals surface area contributed by atoms with Crippen LogP contribution in [0.5, 0.6) is 0 Å². The van der Waals surface area contributed by atoms with Gasteiger partial charge >= 0.3 is 59.9 Å². The normalized spacial score (nSPS) is 10.0. The Balaban J connectivity index is 3.25. The molecule has 0 aliphatic rings. The molecule has 2 N–H and O–H groups in total. The molecule has 0 bridgehead atoms. The zero-order valence-corrected chi connectivity index (χ0v) is 7.27. The zero-order valence-electron chi connectivity index (χ0n) is 5.11. The summed E-state index contributed by atoms with van der Waals surface area (Å²) in [6.45, 7) is 7.84. The van der Waals surface area contributed by atoms with Crippen molar-refractivity contribution in [3.8, 4) is 0 Å². The van der Waals surface area contributed by atoms with Crippen LogP contribution in [-0.4, -0.2) is 9.13 Å². The molecule has 0 saturated carbocycles. The van der Waals surface area contributed by atoms with Crippen LogP contribution in [0.25, 0.3) is 0 Å². The van der Waals surface area contributed by atoms with Gasteiger partial charge in [-0.3, -0.25) is 0 Å². The molecular formula is C5H11INO-. The molecule has 0 aromatic carbocycles. The Morgan fingerprint density at radius 1 is 1.75 bits per heavy atom. The molecule has 0 aromatic heterocycles. The number of halogens is 1. The molecule has 0 atom stereocenters. The van der Waals surface area contributed by atoms with E-state index in [2.05, 4.69) is 25.9 Å². The van der Waals surface area contributed by atoms with Crippen LogP contribution in [0.4, 0.5) is 0 Å². The van der Waals surface area contributed by atoms with Gasteiger partial charge in [-0.15, -0.1) is 0 Å². The predicted octanol–water partition coefficient (Wildman–Crippen LogP) is -2.07. The molecule has 0 amide bonds. The minimum absolute atomic E-state index is 0.0532. The summed E-state index contributed by atoms with van der Waals surface area (Å²) in [4.78, 5) is 0. The van der Waals surface area contributed by atoms with Gasteiger partial charge in [0.2, 0.25) is 0 Å². The molecule has 8 heavy (non-hydrogen) atoms. The summed E-state index contributed by atoms with van der Waals surface area (Å²) in [6.07, 6.45) is 0. The summed E-state index contributed by atoms with van der Waals surface area (Å²) < 4.78 is 1.46. The van der Waals surface area contributed by atoms with E-state index in [4.69, 9.17) is 5.21 Å². The fourth-order valence-electron chi connectivity index (χ4n) is 0.288. The van der Waals surface area contributed by atoms with Crippen LogP contribution in [0, 0.1) is 0 Å². The van der Waals surface area contributed by atoms with E-state index in [1.54, 1.807) is 0 Å². The Morgan fingerprint density at radius 3 is 2.38 bits per heavy atom. The van der Waals surface area contributed by atoms with Crippen molar-refractivity contribution in [2.24, 2.45) is 0 Å². The first kappa shape index (κ1) is 8.23. The van der Waals surface area contributed by atoms with Crippen molar-refractivity contribution in [2.45, 2.75) is 17.8 Å². The molecule has 0 spiro atoms. The van der Waals surface area contributed by atoms with Gasteiger partial charge in [0.25, 0.3) is 0 Å². The second kappa shape index (κ2) is 4.14. The van der Waals surface area contributed by atoms with Gasteiger partial charge in [0.05, 0.1) is 0 Å². The maximum atomic E-state index is 8.26. The monoisotopic (exact) mass is 228 g/mol. The molecule has 0 saturated heterocycles. The maximum absolute atomic E-state index is 8.26. The predicted molar refractivity (Wildman–Crippen MR) is 29.2 cm³/mol. The van der Waals surface area contributed by atoms with Crippen molar-refractivity contribution in [1.29, 1.82) is 0 Å². The van der Waals surface area contributed by atoms with Crippen LogP contribution >= 0.6 is 0 Å².